The Morgan fingerprint density at radius 1 is 1.00 bits per heavy atom. The number of hydrogen-bond acceptors (Lipinski definition) is 6. The van der Waals surface area contributed by atoms with Crippen molar-refractivity contribution in [1.82, 2.24) is 0 Å². The summed E-state index contributed by atoms with van der Waals surface area (Å²) in [6.07, 6.45) is 1.58. The number of esters is 2. The van der Waals surface area contributed by atoms with Gasteiger partial charge in [-0.2, -0.15) is 0 Å². The number of cyclic esters (lactones) is 1. The molecule has 0 saturated heterocycles. The van der Waals surface area contributed by atoms with Crippen LogP contribution in [-0.4, -0.2) is 24.9 Å². The Morgan fingerprint density at radius 3 is 2.41 bits per heavy atom. The Bertz CT molecular complexity index is 1240. The van der Waals surface area contributed by atoms with Crippen LogP contribution in [0.4, 0.5) is 0 Å². The van der Waals surface area contributed by atoms with Crippen LogP contribution in [0.1, 0.15) is 27.0 Å². The van der Waals surface area contributed by atoms with E-state index in [1.165, 1.54) is 7.11 Å². The molecule has 1 aliphatic rings. The second-order valence-electron chi connectivity index (χ2n) is 7.01. The summed E-state index contributed by atoms with van der Waals surface area (Å²) in [4.78, 5) is 28.9. The van der Waals surface area contributed by atoms with Gasteiger partial charge in [0.15, 0.2) is 17.2 Å². The maximum Gasteiger partial charge on any atom is 0.363 e. The van der Waals surface area contributed by atoms with Crippen molar-refractivity contribution in [1.29, 1.82) is 0 Å². The molecule has 0 amide bonds. The zero-order chi connectivity index (χ0) is 22.7. The molecular formula is C25H18ClNO5. The normalized spacial score (nSPS) is 14.2. The number of carbonyl (C=O) groups is 2. The maximum absolute atomic E-state index is 12.4. The van der Waals surface area contributed by atoms with Gasteiger partial charge in [0.1, 0.15) is 0 Å². The van der Waals surface area contributed by atoms with Crippen molar-refractivity contribution >= 4 is 35.5 Å². The van der Waals surface area contributed by atoms with E-state index < -0.39 is 11.9 Å². The van der Waals surface area contributed by atoms with Gasteiger partial charge in [-0.1, -0.05) is 35.4 Å². The lowest BCUT2D eigenvalue weighted by Gasteiger charge is -2.10. The molecule has 32 heavy (non-hydrogen) atoms. The smallest absolute Gasteiger partial charge is 0.363 e. The van der Waals surface area contributed by atoms with Crippen LogP contribution in [0, 0.1) is 6.92 Å². The quantitative estimate of drug-likeness (QED) is 0.304. The standard InChI is InChI=1S/C25H18ClNO5/c1-15-3-6-17(7-4-15)23-27-20(25(29)32-23)13-16-5-12-21(22(14-16)30-2)31-24(28)18-8-10-19(26)11-9-18/h3-14H,1-2H3. The fourth-order valence-corrected chi connectivity index (χ4v) is 3.12. The van der Waals surface area contributed by atoms with E-state index in [0.717, 1.165) is 11.1 Å². The number of halogens is 1. The van der Waals surface area contributed by atoms with E-state index in [9.17, 15) is 9.59 Å². The Labute approximate surface area is 189 Å². The molecule has 1 heterocycles. The van der Waals surface area contributed by atoms with Gasteiger partial charge in [-0.25, -0.2) is 14.6 Å². The van der Waals surface area contributed by atoms with Crippen LogP contribution >= 0.6 is 11.6 Å². The minimum atomic E-state index is -0.544. The SMILES string of the molecule is COc1cc(C=C2N=C(c3ccc(C)cc3)OC2=O)ccc1OC(=O)c1ccc(Cl)cc1. The monoisotopic (exact) mass is 447 g/mol. The number of aliphatic imine (C=N–C) groups is 1. The first kappa shape index (κ1) is 21.3. The summed E-state index contributed by atoms with van der Waals surface area (Å²) in [6.45, 7) is 1.97. The van der Waals surface area contributed by atoms with Crippen LogP contribution in [0.25, 0.3) is 6.08 Å². The average Bonchev–Trinajstić information content (AvgIpc) is 3.15. The summed E-state index contributed by atoms with van der Waals surface area (Å²) in [5, 5.41) is 0.523. The predicted molar refractivity (Wildman–Crippen MR) is 121 cm³/mol. The summed E-state index contributed by atoms with van der Waals surface area (Å²) in [5.41, 5.74) is 2.96. The molecule has 1 aliphatic heterocycles. The second kappa shape index (κ2) is 9.08. The van der Waals surface area contributed by atoms with Gasteiger partial charge >= 0.3 is 11.9 Å². The molecule has 7 heteroatoms. The van der Waals surface area contributed by atoms with Crippen LogP contribution in [-0.2, 0) is 9.53 Å². The minimum absolute atomic E-state index is 0.161. The van der Waals surface area contributed by atoms with Crippen molar-refractivity contribution in [3.05, 3.63) is 99.7 Å². The Hall–Kier alpha value is -3.90. The van der Waals surface area contributed by atoms with E-state index in [2.05, 4.69) is 4.99 Å². The van der Waals surface area contributed by atoms with Crippen LogP contribution in [0.2, 0.25) is 5.02 Å². The molecule has 160 valence electrons. The Kier molecular flexibility index (Phi) is 6.05. The van der Waals surface area contributed by atoms with E-state index in [0.29, 0.717) is 21.9 Å². The largest absolute Gasteiger partial charge is 0.493 e. The van der Waals surface area contributed by atoms with Gasteiger partial charge in [0.2, 0.25) is 5.90 Å². The third-order valence-electron chi connectivity index (χ3n) is 4.69. The summed E-state index contributed by atoms with van der Waals surface area (Å²) >= 11 is 5.85. The lowest BCUT2D eigenvalue weighted by atomic mass is 10.1. The molecule has 0 spiro atoms. The van der Waals surface area contributed by atoms with Crippen molar-refractivity contribution in [3.8, 4) is 11.5 Å². The molecule has 0 fully saturated rings. The molecule has 0 radical (unpaired) electrons. The van der Waals surface area contributed by atoms with Crippen molar-refractivity contribution in [2.24, 2.45) is 4.99 Å². The summed E-state index contributed by atoms with van der Waals surface area (Å²) < 4.78 is 16.1. The van der Waals surface area contributed by atoms with Gasteiger partial charge in [-0.3, -0.25) is 0 Å². The van der Waals surface area contributed by atoms with Gasteiger partial charge in [0.05, 0.1) is 12.7 Å². The fraction of sp³-hybridized carbons (Fsp3) is 0.0800. The third-order valence-corrected chi connectivity index (χ3v) is 4.94. The minimum Gasteiger partial charge on any atom is -0.493 e. The lowest BCUT2D eigenvalue weighted by molar-refractivity contribution is -0.129. The average molecular weight is 448 g/mol. The number of benzene rings is 3. The fourth-order valence-electron chi connectivity index (χ4n) is 2.99. The first-order chi connectivity index (χ1) is 15.4. The number of nitrogens with zero attached hydrogens (tertiary/aromatic N) is 1. The van der Waals surface area contributed by atoms with Crippen LogP contribution < -0.4 is 9.47 Å². The van der Waals surface area contributed by atoms with Crippen molar-refractivity contribution in [2.45, 2.75) is 6.92 Å². The topological polar surface area (TPSA) is 74.2 Å². The number of aryl methyl sites for hydroxylation is 1. The molecule has 3 aromatic carbocycles. The molecule has 0 bridgehead atoms. The maximum atomic E-state index is 12.4. The van der Waals surface area contributed by atoms with E-state index >= 15 is 0 Å². The molecule has 3 aromatic rings. The van der Waals surface area contributed by atoms with Gasteiger partial charge in [0.25, 0.3) is 0 Å². The second-order valence-corrected chi connectivity index (χ2v) is 7.45. The van der Waals surface area contributed by atoms with Crippen molar-refractivity contribution < 1.29 is 23.8 Å². The van der Waals surface area contributed by atoms with Gasteiger partial charge in [-0.15, -0.1) is 0 Å². The number of methoxy groups -OCH3 is 1. The van der Waals surface area contributed by atoms with E-state index in [4.69, 9.17) is 25.8 Å². The highest BCUT2D eigenvalue weighted by molar-refractivity contribution is 6.30. The van der Waals surface area contributed by atoms with Crippen LogP contribution in [0.15, 0.2) is 77.4 Å². The number of ether oxygens (including phenoxy) is 3. The third kappa shape index (κ3) is 4.71. The van der Waals surface area contributed by atoms with Gasteiger partial charge in [-0.05, 0) is 67.1 Å². The predicted octanol–water partition coefficient (Wildman–Crippen LogP) is 5.22. The highest BCUT2D eigenvalue weighted by Gasteiger charge is 2.24. The molecule has 0 atom stereocenters. The summed E-state index contributed by atoms with van der Waals surface area (Å²) in [6, 6.07) is 18.8. The van der Waals surface area contributed by atoms with Crippen molar-refractivity contribution in [2.75, 3.05) is 7.11 Å². The first-order valence-electron chi connectivity index (χ1n) is 9.68. The molecule has 0 aromatic heterocycles. The Balaban J connectivity index is 1.56. The van der Waals surface area contributed by atoms with Crippen LogP contribution in [0.5, 0.6) is 11.5 Å². The van der Waals surface area contributed by atoms with E-state index in [-0.39, 0.29) is 17.3 Å². The van der Waals surface area contributed by atoms with Gasteiger partial charge in [0, 0.05) is 10.6 Å². The summed E-state index contributed by atoms with van der Waals surface area (Å²) in [7, 11) is 1.46. The van der Waals surface area contributed by atoms with Gasteiger partial charge < -0.3 is 14.2 Å². The molecule has 0 saturated carbocycles. The highest BCUT2D eigenvalue weighted by atomic mass is 35.5. The highest BCUT2D eigenvalue weighted by Crippen LogP contribution is 2.30. The molecular weight excluding hydrogens is 430 g/mol. The molecule has 6 nitrogen and oxygen atoms in total. The zero-order valence-electron chi connectivity index (χ0n) is 17.3. The number of hydrogen-bond donors (Lipinski definition) is 0. The lowest BCUT2D eigenvalue weighted by Crippen LogP contribution is -2.09. The molecule has 0 unspecified atom stereocenters. The molecule has 0 aliphatic carbocycles. The Morgan fingerprint density at radius 2 is 1.72 bits per heavy atom. The molecule has 0 N–H and O–H groups in total. The number of rotatable bonds is 5. The van der Waals surface area contributed by atoms with E-state index in [1.54, 1.807) is 48.5 Å². The van der Waals surface area contributed by atoms with Crippen molar-refractivity contribution in [3.63, 3.8) is 0 Å². The zero-order valence-corrected chi connectivity index (χ0v) is 18.1. The van der Waals surface area contributed by atoms with Crippen LogP contribution in [0.3, 0.4) is 0 Å². The molecule has 4 rings (SSSR count). The summed E-state index contributed by atoms with van der Waals surface area (Å²) in [5.74, 6) is -0.263. The number of carbonyl (C=O) groups excluding carboxylic acids is 2. The van der Waals surface area contributed by atoms with E-state index in [1.807, 2.05) is 31.2 Å². The first-order valence-corrected chi connectivity index (χ1v) is 10.1.